The van der Waals surface area contributed by atoms with E-state index in [1.54, 1.807) is 4.90 Å². The smallest absolute Gasteiger partial charge is 0.410 e. The van der Waals surface area contributed by atoms with Crippen molar-refractivity contribution in [3.05, 3.63) is 29.3 Å². The van der Waals surface area contributed by atoms with Gasteiger partial charge in [0.05, 0.1) is 13.2 Å². The van der Waals surface area contributed by atoms with Gasteiger partial charge in [0.15, 0.2) is 0 Å². The number of unbranched alkanes of at least 4 members (excludes halogenated alkanes) is 3. The summed E-state index contributed by atoms with van der Waals surface area (Å²) in [7, 11) is 0. The summed E-state index contributed by atoms with van der Waals surface area (Å²) in [6.07, 6.45) is 9.34. The van der Waals surface area contributed by atoms with Gasteiger partial charge in [0.2, 0.25) is 5.79 Å². The number of hydrogen-bond acceptors (Lipinski definition) is 5. The summed E-state index contributed by atoms with van der Waals surface area (Å²) in [6, 6.07) is 5.93. The molecule has 0 bridgehead atoms. The lowest BCUT2D eigenvalue weighted by atomic mass is 10.0. The summed E-state index contributed by atoms with van der Waals surface area (Å²) in [5, 5.41) is 0. The van der Waals surface area contributed by atoms with Gasteiger partial charge in [-0.25, -0.2) is 4.79 Å². The Hall–Kier alpha value is -2.23. The molecule has 29 heavy (non-hydrogen) atoms. The molecule has 2 aliphatic rings. The van der Waals surface area contributed by atoms with Gasteiger partial charge in [0, 0.05) is 45.6 Å². The molecule has 0 aromatic heterocycles. The summed E-state index contributed by atoms with van der Waals surface area (Å²) >= 11 is 0. The van der Waals surface area contributed by atoms with Crippen LogP contribution in [0.3, 0.4) is 0 Å². The molecule has 0 spiro atoms. The van der Waals surface area contributed by atoms with E-state index in [1.807, 2.05) is 32.0 Å². The molecule has 1 amide bonds. The van der Waals surface area contributed by atoms with Crippen molar-refractivity contribution in [1.29, 1.82) is 0 Å². The fourth-order valence-corrected chi connectivity index (χ4v) is 3.48. The maximum Gasteiger partial charge on any atom is 0.410 e. The van der Waals surface area contributed by atoms with Crippen LogP contribution in [0, 0.1) is 12.3 Å². The first-order valence-corrected chi connectivity index (χ1v) is 10.4. The minimum absolute atomic E-state index is 0.244. The van der Waals surface area contributed by atoms with Crippen LogP contribution in [0.25, 0.3) is 0 Å². The number of amides is 1. The van der Waals surface area contributed by atoms with Crippen LogP contribution in [-0.2, 0) is 20.8 Å². The lowest BCUT2D eigenvalue weighted by Crippen LogP contribution is -2.35. The summed E-state index contributed by atoms with van der Waals surface area (Å²) < 4.78 is 22.7. The maximum absolute atomic E-state index is 12.2. The van der Waals surface area contributed by atoms with Crippen molar-refractivity contribution in [2.24, 2.45) is 0 Å². The van der Waals surface area contributed by atoms with Gasteiger partial charge in [-0.15, -0.1) is 12.3 Å². The van der Waals surface area contributed by atoms with Crippen LogP contribution in [-0.4, -0.2) is 43.1 Å². The molecule has 2 heterocycles. The summed E-state index contributed by atoms with van der Waals surface area (Å²) in [6.45, 7) is 7.03. The fourth-order valence-electron chi connectivity index (χ4n) is 3.48. The molecule has 158 valence electrons. The lowest BCUT2D eigenvalue weighted by Gasteiger charge is -2.32. The highest BCUT2D eigenvalue weighted by Crippen LogP contribution is 2.35. The lowest BCUT2D eigenvalue weighted by molar-refractivity contribution is -0.180. The van der Waals surface area contributed by atoms with E-state index in [1.165, 1.54) is 0 Å². The molecule has 1 saturated heterocycles. The maximum atomic E-state index is 12.2. The SMILES string of the molecule is C#CCCCOCCCCCN1C[C@@H](c2ccc3c(c2)COC(C)(C)O3)OC1=O. The first kappa shape index (κ1) is 21.5. The minimum atomic E-state index is -0.613. The highest BCUT2D eigenvalue weighted by atomic mass is 16.7. The molecule has 6 nitrogen and oxygen atoms in total. The van der Waals surface area contributed by atoms with Crippen molar-refractivity contribution >= 4 is 6.09 Å². The standard InChI is InChI=1S/C23H31NO5/c1-4-5-8-13-26-14-9-6-7-12-24-16-21(28-22(24)25)18-10-11-20-19(15-18)17-27-23(2,3)29-20/h1,10-11,15,21H,5-9,12-14,16-17H2,2-3H3/t21-/m0/s1. The predicted molar refractivity (Wildman–Crippen MR) is 109 cm³/mol. The van der Waals surface area contributed by atoms with E-state index in [-0.39, 0.29) is 12.2 Å². The highest BCUT2D eigenvalue weighted by molar-refractivity contribution is 5.70. The van der Waals surface area contributed by atoms with Gasteiger partial charge in [-0.05, 0) is 43.4 Å². The number of nitrogens with zero attached hydrogens (tertiary/aromatic N) is 1. The molecular weight excluding hydrogens is 370 g/mol. The Balaban J connectivity index is 1.40. The number of terminal acetylenes is 1. The minimum Gasteiger partial charge on any atom is -0.463 e. The van der Waals surface area contributed by atoms with Crippen molar-refractivity contribution in [2.45, 2.75) is 64.4 Å². The third-order valence-corrected chi connectivity index (χ3v) is 5.10. The zero-order valence-corrected chi connectivity index (χ0v) is 17.4. The van der Waals surface area contributed by atoms with Gasteiger partial charge in [0.25, 0.3) is 0 Å². The second kappa shape index (κ2) is 10.00. The zero-order valence-electron chi connectivity index (χ0n) is 17.4. The number of ether oxygens (including phenoxy) is 4. The summed E-state index contributed by atoms with van der Waals surface area (Å²) in [5.74, 6) is 2.82. The third-order valence-electron chi connectivity index (χ3n) is 5.10. The van der Waals surface area contributed by atoms with Crippen LogP contribution in [0.1, 0.15) is 63.2 Å². The second-order valence-corrected chi connectivity index (χ2v) is 7.96. The van der Waals surface area contributed by atoms with Crippen molar-refractivity contribution in [3.8, 4) is 18.1 Å². The predicted octanol–water partition coefficient (Wildman–Crippen LogP) is 4.43. The average molecular weight is 402 g/mol. The molecule has 0 saturated carbocycles. The highest BCUT2D eigenvalue weighted by Gasteiger charge is 2.33. The van der Waals surface area contributed by atoms with Gasteiger partial charge >= 0.3 is 6.09 Å². The van der Waals surface area contributed by atoms with E-state index in [0.29, 0.717) is 19.7 Å². The molecule has 1 fully saturated rings. The quantitative estimate of drug-likeness (QED) is 0.429. The van der Waals surface area contributed by atoms with Gasteiger partial charge < -0.3 is 23.8 Å². The number of carbonyl (C=O) groups is 1. The normalized spacial score (nSPS) is 20.0. The Morgan fingerprint density at radius 2 is 2.07 bits per heavy atom. The van der Waals surface area contributed by atoms with E-state index in [0.717, 1.165) is 62.2 Å². The number of hydrogen-bond donors (Lipinski definition) is 0. The number of rotatable bonds is 10. The molecule has 1 aromatic rings. The van der Waals surface area contributed by atoms with E-state index < -0.39 is 5.79 Å². The van der Waals surface area contributed by atoms with Crippen molar-refractivity contribution < 1.29 is 23.7 Å². The van der Waals surface area contributed by atoms with E-state index in [9.17, 15) is 4.79 Å². The topological polar surface area (TPSA) is 57.2 Å². The summed E-state index contributed by atoms with van der Waals surface area (Å²) in [4.78, 5) is 14.0. The first-order chi connectivity index (χ1) is 14.0. The van der Waals surface area contributed by atoms with Crippen LogP contribution >= 0.6 is 0 Å². The molecule has 0 aliphatic carbocycles. The Bertz CT molecular complexity index is 739. The molecular formula is C23H31NO5. The van der Waals surface area contributed by atoms with Gasteiger partial charge in [-0.1, -0.05) is 6.07 Å². The number of carbonyl (C=O) groups excluding carboxylic acids is 1. The van der Waals surface area contributed by atoms with Crippen LogP contribution < -0.4 is 4.74 Å². The first-order valence-electron chi connectivity index (χ1n) is 10.4. The molecule has 0 radical (unpaired) electrons. The molecule has 3 rings (SSSR count). The van der Waals surface area contributed by atoms with Crippen LogP contribution in [0.5, 0.6) is 5.75 Å². The van der Waals surface area contributed by atoms with Gasteiger partial charge in [0.1, 0.15) is 11.9 Å². The largest absolute Gasteiger partial charge is 0.463 e. The number of cyclic esters (lactones) is 1. The van der Waals surface area contributed by atoms with Gasteiger partial charge in [-0.3, -0.25) is 0 Å². The van der Waals surface area contributed by atoms with Crippen LogP contribution in [0.2, 0.25) is 0 Å². The molecule has 6 heteroatoms. The number of benzene rings is 1. The van der Waals surface area contributed by atoms with Crippen molar-refractivity contribution in [3.63, 3.8) is 0 Å². The molecule has 0 unspecified atom stereocenters. The monoisotopic (exact) mass is 401 g/mol. The van der Waals surface area contributed by atoms with Gasteiger partial charge in [-0.2, -0.15) is 0 Å². The molecule has 2 aliphatic heterocycles. The Morgan fingerprint density at radius 1 is 1.24 bits per heavy atom. The molecule has 0 N–H and O–H groups in total. The average Bonchev–Trinajstić information content (AvgIpc) is 3.06. The number of fused-ring (bicyclic) bond motifs is 1. The molecule has 1 atom stereocenters. The second-order valence-electron chi connectivity index (χ2n) is 7.96. The van der Waals surface area contributed by atoms with Crippen molar-refractivity contribution in [2.75, 3.05) is 26.3 Å². The van der Waals surface area contributed by atoms with Crippen molar-refractivity contribution in [1.82, 2.24) is 4.90 Å². The fraction of sp³-hybridized carbons (Fsp3) is 0.609. The Morgan fingerprint density at radius 3 is 2.90 bits per heavy atom. The zero-order chi connectivity index (χ0) is 20.7. The Labute approximate surface area is 173 Å². The van der Waals surface area contributed by atoms with E-state index in [4.69, 9.17) is 25.4 Å². The van der Waals surface area contributed by atoms with E-state index in [2.05, 4.69) is 5.92 Å². The van der Waals surface area contributed by atoms with Crippen LogP contribution in [0.15, 0.2) is 18.2 Å². The molecule has 1 aromatic carbocycles. The third kappa shape index (κ3) is 6.12. The van der Waals surface area contributed by atoms with E-state index >= 15 is 0 Å². The van der Waals surface area contributed by atoms with Crippen LogP contribution in [0.4, 0.5) is 4.79 Å². The Kier molecular flexibility index (Phi) is 7.40. The summed E-state index contributed by atoms with van der Waals surface area (Å²) in [5.41, 5.74) is 1.96.